The fraction of sp³-hybridized carbons (Fsp3) is 0.778. The van der Waals surface area contributed by atoms with Crippen LogP contribution in [0.25, 0.3) is 0 Å². The van der Waals surface area contributed by atoms with E-state index in [1.807, 2.05) is 13.8 Å². The lowest BCUT2D eigenvalue weighted by atomic mass is 9.80. The summed E-state index contributed by atoms with van der Waals surface area (Å²) in [4.78, 5) is 21.3. The van der Waals surface area contributed by atoms with E-state index < -0.39 is 5.97 Å². The molecule has 0 aromatic rings. The second kappa shape index (κ2) is 4.24. The van der Waals surface area contributed by atoms with Crippen molar-refractivity contribution in [1.29, 1.82) is 0 Å². The number of carbonyl (C=O) groups is 2. The van der Waals surface area contributed by atoms with E-state index in [0.29, 0.717) is 6.42 Å². The molecule has 0 spiro atoms. The summed E-state index contributed by atoms with van der Waals surface area (Å²) in [6, 6.07) is 0. The number of hydrogen-bond acceptors (Lipinski definition) is 2. The van der Waals surface area contributed by atoms with Crippen molar-refractivity contribution >= 4 is 11.8 Å². The monoisotopic (exact) mass is 172 g/mol. The molecule has 0 aromatic heterocycles. The molecule has 0 aliphatic rings. The molecule has 0 radical (unpaired) electrons. The Hall–Kier alpha value is -0.860. The van der Waals surface area contributed by atoms with Gasteiger partial charge >= 0.3 is 5.97 Å². The minimum Gasteiger partial charge on any atom is -0.481 e. The van der Waals surface area contributed by atoms with Gasteiger partial charge in [-0.25, -0.2) is 0 Å². The quantitative estimate of drug-likeness (QED) is 0.688. The van der Waals surface area contributed by atoms with E-state index >= 15 is 0 Å². The Morgan fingerprint density at radius 3 is 2.08 bits per heavy atom. The molecule has 0 bridgehead atoms. The minimum absolute atomic E-state index is 0.0561. The number of ketones is 1. The van der Waals surface area contributed by atoms with E-state index in [9.17, 15) is 9.59 Å². The van der Waals surface area contributed by atoms with E-state index in [4.69, 9.17) is 5.11 Å². The highest BCUT2D eigenvalue weighted by Gasteiger charge is 2.26. The molecular weight excluding hydrogens is 156 g/mol. The number of Topliss-reactive ketones (excluding diaryl/α,β-unsaturated/α-hetero) is 1. The predicted octanol–water partition coefficient (Wildman–Crippen LogP) is 1.86. The third kappa shape index (κ3) is 4.11. The Bertz CT molecular complexity index is 168. The molecule has 70 valence electrons. The zero-order valence-corrected chi connectivity index (χ0v) is 7.89. The molecule has 0 fully saturated rings. The first-order chi connectivity index (χ1) is 5.39. The van der Waals surface area contributed by atoms with Gasteiger partial charge in [0.25, 0.3) is 0 Å². The zero-order chi connectivity index (χ0) is 9.78. The summed E-state index contributed by atoms with van der Waals surface area (Å²) in [7, 11) is 0. The van der Waals surface area contributed by atoms with Gasteiger partial charge in [-0.15, -0.1) is 0 Å². The van der Waals surface area contributed by atoms with Gasteiger partial charge < -0.3 is 9.90 Å². The van der Waals surface area contributed by atoms with Crippen LogP contribution in [-0.2, 0) is 9.59 Å². The lowest BCUT2D eigenvalue weighted by molar-refractivity contribution is -0.140. The number of carboxylic acid groups (broad SMARTS) is 1. The van der Waals surface area contributed by atoms with Crippen molar-refractivity contribution in [2.24, 2.45) is 5.41 Å². The average molecular weight is 172 g/mol. The second-order valence-electron chi connectivity index (χ2n) is 3.61. The highest BCUT2D eigenvalue weighted by molar-refractivity contribution is 5.77. The molecule has 1 atom stereocenters. The second-order valence-corrected chi connectivity index (χ2v) is 3.61. The van der Waals surface area contributed by atoms with Gasteiger partial charge in [-0.05, 0) is 18.8 Å². The standard InChI is InChI=1S/C9H16O3/c1-4-9(3,5-7(2)10)6-8(11)12/h4-6H2,1-3H3,(H,11,12). The van der Waals surface area contributed by atoms with Gasteiger partial charge in [0.15, 0.2) is 0 Å². The van der Waals surface area contributed by atoms with E-state index in [2.05, 4.69) is 0 Å². The highest BCUT2D eigenvalue weighted by Crippen LogP contribution is 2.29. The smallest absolute Gasteiger partial charge is 0.303 e. The van der Waals surface area contributed by atoms with Crippen molar-refractivity contribution in [3.63, 3.8) is 0 Å². The van der Waals surface area contributed by atoms with Crippen LogP contribution in [0.5, 0.6) is 0 Å². The van der Waals surface area contributed by atoms with Gasteiger partial charge in [0.1, 0.15) is 5.78 Å². The Balaban J connectivity index is 4.23. The van der Waals surface area contributed by atoms with Crippen LogP contribution < -0.4 is 0 Å². The predicted molar refractivity (Wildman–Crippen MR) is 45.9 cm³/mol. The first kappa shape index (κ1) is 11.1. The van der Waals surface area contributed by atoms with Crippen LogP contribution in [0.4, 0.5) is 0 Å². The molecule has 0 heterocycles. The summed E-state index contributed by atoms with van der Waals surface area (Å²) >= 11 is 0. The number of carboxylic acids is 1. The maximum atomic E-state index is 10.8. The van der Waals surface area contributed by atoms with Crippen LogP contribution in [0.15, 0.2) is 0 Å². The Morgan fingerprint density at radius 2 is 1.83 bits per heavy atom. The topological polar surface area (TPSA) is 54.4 Å². The number of rotatable bonds is 5. The number of carbonyl (C=O) groups excluding carboxylic acids is 1. The third-order valence-electron chi connectivity index (χ3n) is 2.11. The van der Waals surface area contributed by atoms with Crippen LogP contribution >= 0.6 is 0 Å². The maximum absolute atomic E-state index is 10.8. The molecular formula is C9H16O3. The molecule has 12 heavy (non-hydrogen) atoms. The fourth-order valence-corrected chi connectivity index (χ4v) is 1.28. The first-order valence-electron chi connectivity index (χ1n) is 4.11. The van der Waals surface area contributed by atoms with E-state index in [0.717, 1.165) is 6.42 Å². The summed E-state index contributed by atoms with van der Waals surface area (Å²) in [6.45, 7) is 5.24. The van der Waals surface area contributed by atoms with E-state index in [1.165, 1.54) is 6.92 Å². The summed E-state index contributed by atoms with van der Waals surface area (Å²) in [6.07, 6.45) is 1.15. The summed E-state index contributed by atoms with van der Waals surface area (Å²) in [5.74, 6) is -0.777. The van der Waals surface area contributed by atoms with Gasteiger partial charge in [0, 0.05) is 6.42 Å². The van der Waals surface area contributed by atoms with E-state index in [1.54, 1.807) is 0 Å². The fourth-order valence-electron chi connectivity index (χ4n) is 1.28. The molecule has 3 nitrogen and oxygen atoms in total. The zero-order valence-electron chi connectivity index (χ0n) is 7.89. The first-order valence-corrected chi connectivity index (χ1v) is 4.11. The Labute approximate surface area is 72.8 Å². The minimum atomic E-state index is -0.833. The lowest BCUT2D eigenvalue weighted by Crippen LogP contribution is -2.22. The molecule has 0 aromatic carbocycles. The molecule has 0 saturated carbocycles. The number of hydrogen-bond donors (Lipinski definition) is 1. The molecule has 0 aliphatic heterocycles. The van der Waals surface area contributed by atoms with Gasteiger partial charge in [-0.1, -0.05) is 13.8 Å². The summed E-state index contributed by atoms with van der Waals surface area (Å²) in [5, 5.41) is 8.58. The summed E-state index contributed by atoms with van der Waals surface area (Å²) in [5.41, 5.74) is -0.363. The van der Waals surface area contributed by atoms with Crippen LogP contribution in [-0.4, -0.2) is 16.9 Å². The number of aliphatic carboxylic acids is 1. The van der Waals surface area contributed by atoms with Crippen LogP contribution in [0.3, 0.4) is 0 Å². The van der Waals surface area contributed by atoms with Crippen molar-refractivity contribution in [2.75, 3.05) is 0 Å². The van der Waals surface area contributed by atoms with Crippen molar-refractivity contribution < 1.29 is 14.7 Å². The van der Waals surface area contributed by atoms with Crippen molar-refractivity contribution in [2.45, 2.75) is 40.0 Å². The Kier molecular flexibility index (Phi) is 3.93. The molecule has 0 aliphatic carbocycles. The summed E-state index contributed by atoms with van der Waals surface area (Å²) < 4.78 is 0. The van der Waals surface area contributed by atoms with Crippen molar-refractivity contribution in [1.82, 2.24) is 0 Å². The third-order valence-corrected chi connectivity index (χ3v) is 2.11. The Morgan fingerprint density at radius 1 is 1.33 bits per heavy atom. The maximum Gasteiger partial charge on any atom is 0.303 e. The van der Waals surface area contributed by atoms with Crippen molar-refractivity contribution in [3.05, 3.63) is 0 Å². The molecule has 3 heteroatoms. The lowest BCUT2D eigenvalue weighted by Gasteiger charge is -2.24. The van der Waals surface area contributed by atoms with Crippen molar-refractivity contribution in [3.8, 4) is 0 Å². The normalized spacial score (nSPS) is 15.2. The SMILES string of the molecule is CCC(C)(CC(C)=O)CC(=O)O. The van der Waals surface area contributed by atoms with Gasteiger partial charge in [0.05, 0.1) is 6.42 Å². The largest absolute Gasteiger partial charge is 0.481 e. The average Bonchev–Trinajstić information content (AvgIpc) is 1.83. The molecule has 0 rings (SSSR count). The van der Waals surface area contributed by atoms with Gasteiger partial charge in [0.2, 0.25) is 0 Å². The van der Waals surface area contributed by atoms with E-state index in [-0.39, 0.29) is 17.6 Å². The van der Waals surface area contributed by atoms with Crippen LogP contribution in [0.1, 0.15) is 40.0 Å². The highest BCUT2D eigenvalue weighted by atomic mass is 16.4. The molecule has 1 N–H and O–H groups in total. The van der Waals surface area contributed by atoms with Crippen LogP contribution in [0, 0.1) is 5.41 Å². The molecule has 0 amide bonds. The molecule has 1 unspecified atom stereocenters. The van der Waals surface area contributed by atoms with Crippen LogP contribution in [0.2, 0.25) is 0 Å². The molecule has 0 saturated heterocycles. The van der Waals surface area contributed by atoms with Gasteiger partial charge in [-0.2, -0.15) is 0 Å². The van der Waals surface area contributed by atoms with Gasteiger partial charge in [-0.3, -0.25) is 4.79 Å².